The first kappa shape index (κ1) is 18.1. The second-order valence-electron chi connectivity index (χ2n) is 5.66. The zero-order valence-electron chi connectivity index (χ0n) is 13.2. The van der Waals surface area contributed by atoms with Crippen molar-refractivity contribution in [3.05, 3.63) is 23.8 Å². The van der Waals surface area contributed by atoms with Crippen LogP contribution in [0, 0.1) is 0 Å². The summed E-state index contributed by atoms with van der Waals surface area (Å²) in [5.41, 5.74) is 6.69. The largest absolute Gasteiger partial charge is 0.494 e. The van der Waals surface area contributed by atoms with Crippen molar-refractivity contribution >= 4 is 17.5 Å². The molecule has 0 fully saturated rings. The Morgan fingerprint density at radius 2 is 2.17 bits per heavy atom. The van der Waals surface area contributed by atoms with E-state index in [0.717, 1.165) is 11.3 Å². The Kier molecular flexibility index (Phi) is 6.08. The lowest BCUT2D eigenvalue weighted by Gasteiger charge is -2.17. The highest BCUT2D eigenvalue weighted by Crippen LogP contribution is 2.26. The van der Waals surface area contributed by atoms with Crippen LogP contribution in [0.25, 0.3) is 0 Å². The smallest absolute Gasteiger partial charge is 0.277 e. The van der Waals surface area contributed by atoms with E-state index in [1.54, 1.807) is 12.1 Å². The van der Waals surface area contributed by atoms with Crippen LogP contribution < -0.4 is 21.1 Å². The van der Waals surface area contributed by atoms with Gasteiger partial charge in [-0.2, -0.15) is 0 Å². The Morgan fingerprint density at radius 3 is 2.92 bits per heavy atom. The number of nitrogens with two attached hydrogens (primary N) is 1. The number of benzene rings is 1. The highest BCUT2D eigenvalue weighted by Gasteiger charge is 2.26. The summed E-state index contributed by atoms with van der Waals surface area (Å²) in [6.07, 6.45) is 1.62. The molecule has 0 aliphatic carbocycles. The molecule has 8 heteroatoms. The van der Waals surface area contributed by atoms with Crippen molar-refractivity contribution in [3.63, 3.8) is 0 Å². The Morgan fingerprint density at radius 1 is 1.38 bits per heavy atom. The van der Waals surface area contributed by atoms with E-state index >= 15 is 0 Å². The van der Waals surface area contributed by atoms with Gasteiger partial charge in [-0.3, -0.25) is 9.59 Å². The molecule has 1 aliphatic heterocycles. The van der Waals surface area contributed by atoms with Gasteiger partial charge in [0.05, 0.1) is 19.7 Å². The molecule has 4 N–H and O–H groups in total. The zero-order valence-corrected chi connectivity index (χ0v) is 13.2. The van der Waals surface area contributed by atoms with E-state index in [9.17, 15) is 18.4 Å². The van der Waals surface area contributed by atoms with Crippen LogP contribution in [0.15, 0.2) is 18.2 Å². The van der Waals surface area contributed by atoms with Crippen LogP contribution in [0.1, 0.15) is 24.8 Å². The third-order valence-electron chi connectivity index (χ3n) is 3.63. The number of fused-ring (bicyclic) bond motifs is 1. The van der Waals surface area contributed by atoms with E-state index in [-0.39, 0.29) is 12.3 Å². The molecule has 6 nitrogen and oxygen atoms in total. The van der Waals surface area contributed by atoms with E-state index in [4.69, 9.17) is 10.5 Å². The van der Waals surface area contributed by atoms with Crippen molar-refractivity contribution in [2.45, 2.75) is 31.6 Å². The minimum atomic E-state index is -3.08. The van der Waals surface area contributed by atoms with Gasteiger partial charge in [0.1, 0.15) is 5.75 Å². The number of nitrogens with one attached hydrogen (secondary N) is 2. The molecule has 1 aliphatic rings. The van der Waals surface area contributed by atoms with E-state index in [0.29, 0.717) is 31.6 Å². The number of carbonyl (C=O) groups is 2. The number of hydrogen-bond donors (Lipinski definition) is 3. The lowest BCUT2D eigenvalue weighted by atomic mass is 10.0. The lowest BCUT2D eigenvalue weighted by Crippen LogP contribution is -2.41. The third kappa shape index (κ3) is 5.45. The van der Waals surface area contributed by atoms with Gasteiger partial charge in [-0.05, 0) is 36.6 Å². The molecule has 2 rings (SSSR count). The van der Waals surface area contributed by atoms with Crippen LogP contribution >= 0.6 is 0 Å². The van der Waals surface area contributed by atoms with Gasteiger partial charge in [-0.15, -0.1) is 0 Å². The monoisotopic (exact) mass is 341 g/mol. The maximum Gasteiger partial charge on any atom is 0.277 e. The number of alkyl halides is 2. The van der Waals surface area contributed by atoms with Crippen molar-refractivity contribution in [1.82, 2.24) is 5.32 Å². The van der Waals surface area contributed by atoms with Crippen LogP contribution in [0.4, 0.5) is 14.5 Å². The number of hydrogen-bond acceptors (Lipinski definition) is 4. The highest BCUT2D eigenvalue weighted by molar-refractivity contribution is 5.94. The standard InChI is InChI=1S/C16H21F2N3O3/c17-16(18,9-19)10-20-14(22)2-1-7-24-12-4-5-13-11(8-12)3-6-15(23)21-13/h4-5,8H,1-3,6-7,9-10,19H2,(H,20,22)(H,21,23). The fourth-order valence-corrected chi connectivity index (χ4v) is 2.26. The summed E-state index contributed by atoms with van der Waals surface area (Å²) < 4.78 is 31.3. The summed E-state index contributed by atoms with van der Waals surface area (Å²) in [5.74, 6) is -2.88. The van der Waals surface area contributed by atoms with Gasteiger partial charge < -0.3 is 21.1 Å². The molecule has 132 valence electrons. The maximum absolute atomic E-state index is 12.9. The molecule has 0 spiro atoms. The summed E-state index contributed by atoms with van der Waals surface area (Å²) >= 11 is 0. The van der Waals surface area contributed by atoms with E-state index in [1.807, 2.05) is 6.07 Å². The summed E-state index contributed by atoms with van der Waals surface area (Å²) in [4.78, 5) is 22.7. The van der Waals surface area contributed by atoms with Crippen molar-refractivity contribution in [2.24, 2.45) is 5.73 Å². The van der Waals surface area contributed by atoms with Crippen molar-refractivity contribution in [1.29, 1.82) is 0 Å². The van der Waals surface area contributed by atoms with Crippen LogP contribution in [-0.2, 0) is 16.0 Å². The highest BCUT2D eigenvalue weighted by atomic mass is 19.3. The van der Waals surface area contributed by atoms with Crippen molar-refractivity contribution in [2.75, 3.05) is 25.0 Å². The van der Waals surface area contributed by atoms with Crippen molar-refractivity contribution < 1.29 is 23.1 Å². The van der Waals surface area contributed by atoms with Gasteiger partial charge in [0.2, 0.25) is 11.8 Å². The van der Waals surface area contributed by atoms with Gasteiger partial charge in [-0.1, -0.05) is 0 Å². The van der Waals surface area contributed by atoms with Gasteiger partial charge in [0.15, 0.2) is 0 Å². The second kappa shape index (κ2) is 8.05. The maximum atomic E-state index is 12.9. The normalized spacial score (nSPS) is 13.9. The molecule has 2 amide bonds. The number of halogens is 2. The number of carbonyl (C=O) groups excluding carboxylic acids is 2. The molecule has 0 radical (unpaired) electrons. The molecule has 0 aromatic heterocycles. The van der Waals surface area contributed by atoms with Gasteiger partial charge >= 0.3 is 0 Å². The molecule has 1 heterocycles. The predicted molar refractivity (Wildman–Crippen MR) is 85.1 cm³/mol. The van der Waals surface area contributed by atoms with Crippen LogP contribution in [-0.4, -0.2) is 37.4 Å². The number of rotatable bonds is 8. The molecule has 0 saturated heterocycles. The van der Waals surface area contributed by atoms with E-state index in [1.165, 1.54) is 0 Å². The molecule has 0 atom stereocenters. The summed E-state index contributed by atoms with van der Waals surface area (Å²) in [6, 6.07) is 5.38. The molecule has 24 heavy (non-hydrogen) atoms. The van der Waals surface area contributed by atoms with Gasteiger partial charge in [0.25, 0.3) is 5.92 Å². The molecule has 0 saturated carbocycles. The fourth-order valence-electron chi connectivity index (χ4n) is 2.26. The Labute approximate surface area is 138 Å². The predicted octanol–water partition coefficient (Wildman–Crippen LogP) is 1.44. The number of amides is 2. The first-order valence-electron chi connectivity index (χ1n) is 7.80. The summed E-state index contributed by atoms with van der Waals surface area (Å²) in [5, 5.41) is 4.94. The average Bonchev–Trinajstić information content (AvgIpc) is 2.57. The molecule has 0 unspecified atom stereocenters. The lowest BCUT2D eigenvalue weighted by molar-refractivity contribution is -0.123. The minimum Gasteiger partial charge on any atom is -0.494 e. The topological polar surface area (TPSA) is 93.4 Å². The van der Waals surface area contributed by atoms with Crippen LogP contribution in [0.5, 0.6) is 5.75 Å². The first-order valence-corrected chi connectivity index (χ1v) is 7.80. The number of ether oxygens (including phenoxy) is 1. The van der Waals surface area contributed by atoms with E-state index < -0.39 is 24.9 Å². The quantitative estimate of drug-likeness (QED) is 0.624. The minimum absolute atomic E-state index is 0.00222. The van der Waals surface area contributed by atoms with Crippen LogP contribution in [0.3, 0.4) is 0 Å². The van der Waals surface area contributed by atoms with Gasteiger partial charge in [0, 0.05) is 18.5 Å². The molecule has 1 aromatic carbocycles. The average molecular weight is 341 g/mol. The van der Waals surface area contributed by atoms with Crippen molar-refractivity contribution in [3.8, 4) is 5.75 Å². The molecular weight excluding hydrogens is 320 g/mol. The Hall–Kier alpha value is -2.22. The fraction of sp³-hybridized carbons (Fsp3) is 0.500. The summed E-state index contributed by atoms with van der Waals surface area (Å²) in [6.45, 7) is -1.25. The zero-order chi connectivity index (χ0) is 17.6. The number of anilines is 1. The SMILES string of the molecule is NCC(F)(F)CNC(=O)CCCOc1ccc2c(c1)CCC(=O)N2. The third-order valence-corrected chi connectivity index (χ3v) is 3.63. The Balaban J connectivity index is 1.69. The number of aryl methyl sites for hydroxylation is 1. The molecular formula is C16H21F2N3O3. The molecule has 0 bridgehead atoms. The Bertz CT molecular complexity index is 608. The van der Waals surface area contributed by atoms with Gasteiger partial charge in [-0.25, -0.2) is 8.78 Å². The first-order chi connectivity index (χ1) is 11.4. The second-order valence-corrected chi connectivity index (χ2v) is 5.66. The van der Waals surface area contributed by atoms with Crippen LogP contribution in [0.2, 0.25) is 0 Å². The molecule has 1 aromatic rings. The van der Waals surface area contributed by atoms with E-state index in [2.05, 4.69) is 10.6 Å². The summed E-state index contributed by atoms with van der Waals surface area (Å²) in [7, 11) is 0.